The van der Waals surface area contributed by atoms with Crippen molar-refractivity contribution in [3.63, 3.8) is 0 Å². The molecule has 0 saturated heterocycles. The fourth-order valence-corrected chi connectivity index (χ4v) is 1.82. The molecular formula is C11H9Cl2N3O. The Morgan fingerprint density at radius 3 is 2.76 bits per heavy atom. The zero-order chi connectivity index (χ0) is 12.4. The number of aliphatic hydroxyl groups excluding tert-OH is 1. The molecule has 0 amide bonds. The fourth-order valence-electron chi connectivity index (χ4n) is 1.43. The fraction of sp³-hybridized carbons (Fsp3) is 0.0909. The normalized spacial score (nSPS) is 12.4. The lowest BCUT2D eigenvalue weighted by Crippen LogP contribution is -2.07. The Morgan fingerprint density at radius 2 is 2.06 bits per heavy atom. The lowest BCUT2D eigenvalue weighted by molar-refractivity contribution is 0.216. The minimum absolute atomic E-state index is 0.198. The van der Waals surface area contributed by atoms with Crippen LogP contribution >= 0.6 is 23.2 Å². The predicted molar refractivity (Wildman–Crippen MR) is 67.0 cm³/mol. The lowest BCUT2D eigenvalue weighted by atomic mass is 10.1. The summed E-state index contributed by atoms with van der Waals surface area (Å²) >= 11 is 11.8. The van der Waals surface area contributed by atoms with Crippen LogP contribution in [0.4, 0.5) is 5.82 Å². The predicted octanol–water partition coefficient (Wildman–Crippen LogP) is 2.45. The van der Waals surface area contributed by atoms with E-state index in [1.54, 1.807) is 24.4 Å². The molecule has 6 heteroatoms. The number of aromatic nitrogens is 2. The lowest BCUT2D eigenvalue weighted by Gasteiger charge is -2.13. The third-order valence-electron chi connectivity index (χ3n) is 2.26. The first kappa shape index (κ1) is 12.1. The number of pyridine rings is 2. The van der Waals surface area contributed by atoms with Crippen molar-refractivity contribution in [3.05, 3.63) is 51.9 Å². The van der Waals surface area contributed by atoms with E-state index >= 15 is 0 Å². The molecule has 0 bridgehead atoms. The molecule has 0 radical (unpaired) electrons. The Kier molecular flexibility index (Phi) is 3.47. The van der Waals surface area contributed by atoms with E-state index in [1.165, 1.54) is 6.20 Å². The van der Waals surface area contributed by atoms with E-state index < -0.39 is 6.10 Å². The van der Waals surface area contributed by atoms with Gasteiger partial charge in [-0.2, -0.15) is 0 Å². The average Bonchev–Trinajstić information content (AvgIpc) is 2.32. The van der Waals surface area contributed by atoms with Crippen LogP contribution in [0.5, 0.6) is 0 Å². The Labute approximate surface area is 108 Å². The van der Waals surface area contributed by atoms with Gasteiger partial charge in [0.05, 0.1) is 15.7 Å². The van der Waals surface area contributed by atoms with Gasteiger partial charge < -0.3 is 10.8 Å². The zero-order valence-corrected chi connectivity index (χ0v) is 10.2. The topological polar surface area (TPSA) is 72.0 Å². The summed E-state index contributed by atoms with van der Waals surface area (Å²) in [7, 11) is 0. The highest BCUT2D eigenvalue weighted by Gasteiger charge is 2.18. The van der Waals surface area contributed by atoms with Crippen molar-refractivity contribution in [2.45, 2.75) is 6.10 Å². The minimum Gasteiger partial charge on any atom is -0.383 e. The largest absolute Gasteiger partial charge is 0.383 e. The van der Waals surface area contributed by atoms with Gasteiger partial charge in [-0.25, -0.2) is 4.98 Å². The molecule has 2 aromatic heterocycles. The van der Waals surface area contributed by atoms with Crippen LogP contribution < -0.4 is 5.73 Å². The number of anilines is 1. The van der Waals surface area contributed by atoms with Crippen molar-refractivity contribution in [1.82, 2.24) is 9.97 Å². The molecule has 0 fully saturated rings. The molecule has 1 unspecified atom stereocenters. The van der Waals surface area contributed by atoms with E-state index in [4.69, 9.17) is 28.9 Å². The van der Waals surface area contributed by atoms with Crippen LogP contribution in [0.3, 0.4) is 0 Å². The molecule has 0 aliphatic carbocycles. The number of aliphatic hydroxyl groups is 1. The summed E-state index contributed by atoms with van der Waals surface area (Å²) in [4.78, 5) is 7.89. The van der Waals surface area contributed by atoms with Gasteiger partial charge in [0.25, 0.3) is 0 Å². The van der Waals surface area contributed by atoms with Gasteiger partial charge in [0.2, 0.25) is 0 Å². The molecular weight excluding hydrogens is 261 g/mol. The maximum absolute atomic E-state index is 10.2. The van der Waals surface area contributed by atoms with Gasteiger partial charge in [-0.05, 0) is 18.2 Å². The van der Waals surface area contributed by atoms with Gasteiger partial charge in [0.15, 0.2) is 0 Å². The number of hydrogen-bond donors (Lipinski definition) is 2. The SMILES string of the molecule is Nc1ncc(Cl)cc1C(O)c1ncccc1Cl. The molecule has 17 heavy (non-hydrogen) atoms. The molecule has 2 heterocycles. The quantitative estimate of drug-likeness (QED) is 0.879. The molecule has 0 aliphatic rings. The van der Waals surface area contributed by atoms with E-state index in [9.17, 15) is 5.11 Å². The molecule has 2 aromatic rings. The molecule has 0 aliphatic heterocycles. The molecule has 1 atom stereocenters. The van der Waals surface area contributed by atoms with Crippen molar-refractivity contribution in [3.8, 4) is 0 Å². The first-order valence-electron chi connectivity index (χ1n) is 4.79. The molecule has 0 spiro atoms. The minimum atomic E-state index is -1.05. The van der Waals surface area contributed by atoms with Crippen molar-refractivity contribution in [1.29, 1.82) is 0 Å². The van der Waals surface area contributed by atoms with Crippen LogP contribution in [-0.2, 0) is 0 Å². The van der Waals surface area contributed by atoms with E-state index in [-0.39, 0.29) is 5.82 Å². The Hall–Kier alpha value is -1.36. The van der Waals surface area contributed by atoms with Crippen molar-refractivity contribution in [2.24, 2.45) is 0 Å². The second kappa shape index (κ2) is 4.87. The molecule has 88 valence electrons. The monoisotopic (exact) mass is 269 g/mol. The number of nitrogens with zero attached hydrogens (tertiary/aromatic N) is 2. The maximum atomic E-state index is 10.2. The first-order valence-corrected chi connectivity index (χ1v) is 5.54. The zero-order valence-electron chi connectivity index (χ0n) is 8.64. The number of hydrogen-bond acceptors (Lipinski definition) is 4. The van der Waals surface area contributed by atoms with Gasteiger partial charge in [-0.3, -0.25) is 4.98 Å². The van der Waals surface area contributed by atoms with Crippen LogP contribution in [0.2, 0.25) is 10.0 Å². The van der Waals surface area contributed by atoms with Crippen LogP contribution in [0.1, 0.15) is 17.4 Å². The first-order chi connectivity index (χ1) is 8.09. The van der Waals surface area contributed by atoms with E-state index in [0.29, 0.717) is 21.3 Å². The highest BCUT2D eigenvalue weighted by Crippen LogP contribution is 2.29. The number of rotatable bonds is 2. The Morgan fingerprint density at radius 1 is 1.29 bits per heavy atom. The second-order valence-corrected chi connectivity index (χ2v) is 4.24. The van der Waals surface area contributed by atoms with Gasteiger partial charge in [0.1, 0.15) is 11.9 Å². The summed E-state index contributed by atoms with van der Waals surface area (Å²) < 4.78 is 0. The summed E-state index contributed by atoms with van der Waals surface area (Å²) in [6.45, 7) is 0. The van der Waals surface area contributed by atoms with Gasteiger partial charge >= 0.3 is 0 Å². The molecule has 4 nitrogen and oxygen atoms in total. The Bertz CT molecular complexity index is 548. The van der Waals surface area contributed by atoms with Gasteiger partial charge in [0, 0.05) is 18.0 Å². The summed E-state index contributed by atoms with van der Waals surface area (Å²) in [5, 5.41) is 10.9. The summed E-state index contributed by atoms with van der Waals surface area (Å²) in [5.74, 6) is 0.198. The van der Waals surface area contributed by atoms with Crippen molar-refractivity contribution < 1.29 is 5.11 Å². The smallest absolute Gasteiger partial charge is 0.129 e. The number of nitrogen functional groups attached to an aromatic ring is 1. The van der Waals surface area contributed by atoms with Crippen molar-refractivity contribution >= 4 is 29.0 Å². The summed E-state index contributed by atoms with van der Waals surface area (Å²) in [5.41, 5.74) is 6.39. The number of halogens is 2. The summed E-state index contributed by atoms with van der Waals surface area (Å²) in [6, 6.07) is 4.86. The molecule has 0 saturated carbocycles. The maximum Gasteiger partial charge on any atom is 0.129 e. The van der Waals surface area contributed by atoms with Crippen molar-refractivity contribution in [2.75, 3.05) is 5.73 Å². The van der Waals surface area contributed by atoms with Crippen LogP contribution in [0.15, 0.2) is 30.6 Å². The molecule has 2 rings (SSSR count). The molecule has 0 aromatic carbocycles. The van der Waals surface area contributed by atoms with E-state index in [1.807, 2.05) is 0 Å². The number of nitrogens with two attached hydrogens (primary N) is 1. The summed E-state index contributed by atoms with van der Waals surface area (Å²) in [6.07, 6.45) is 1.90. The second-order valence-electron chi connectivity index (χ2n) is 3.40. The third-order valence-corrected chi connectivity index (χ3v) is 2.78. The Balaban J connectivity index is 2.47. The van der Waals surface area contributed by atoms with Gasteiger partial charge in [-0.1, -0.05) is 23.2 Å². The van der Waals surface area contributed by atoms with Crippen LogP contribution in [0.25, 0.3) is 0 Å². The van der Waals surface area contributed by atoms with Crippen LogP contribution in [0, 0.1) is 0 Å². The van der Waals surface area contributed by atoms with E-state index in [0.717, 1.165) is 0 Å². The molecule has 3 N–H and O–H groups in total. The highest BCUT2D eigenvalue weighted by atomic mass is 35.5. The van der Waals surface area contributed by atoms with Gasteiger partial charge in [-0.15, -0.1) is 0 Å². The standard InChI is InChI=1S/C11H9Cl2N3O/c12-6-4-7(11(14)16-5-6)10(17)9-8(13)2-1-3-15-9/h1-5,10,17H,(H2,14,16). The van der Waals surface area contributed by atoms with Crippen LogP contribution in [-0.4, -0.2) is 15.1 Å². The third kappa shape index (κ3) is 2.49. The highest BCUT2D eigenvalue weighted by molar-refractivity contribution is 6.31. The average molecular weight is 270 g/mol. The van der Waals surface area contributed by atoms with E-state index in [2.05, 4.69) is 9.97 Å².